The van der Waals surface area contributed by atoms with E-state index in [9.17, 15) is 19.5 Å². The van der Waals surface area contributed by atoms with Gasteiger partial charge in [-0.3, -0.25) is 20.4 Å². The van der Waals surface area contributed by atoms with E-state index in [1.165, 1.54) is 0 Å². The first-order valence-electron chi connectivity index (χ1n) is 9.86. The van der Waals surface area contributed by atoms with Crippen molar-refractivity contribution < 1.29 is 24.2 Å². The summed E-state index contributed by atoms with van der Waals surface area (Å²) in [5.41, 5.74) is 9.38. The molecule has 1 unspecified atom stereocenters. The number of carbonyl (C=O) groups excluding carboxylic acids is 2. The Balaban J connectivity index is 1.84. The maximum absolute atomic E-state index is 13.1. The van der Waals surface area contributed by atoms with Gasteiger partial charge in [0.1, 0.15) is 5.75 Å². The van der Waals surface area contributed by atoms with Gasteiger partial charge in [0.05, 0.1) is 0 Å². The lowest BCUT2D eigenvalue weighted by atomic mass is 9.93. The molecule has 0 fully saturated rings. The highest BCUT2D eigenvalue weighted by Crippen LogP contribution is 2.24. The van der Waals surface area contributed by atoms with E-state index in [1.807, 2.05) is 0 Å². The van der Waals surface area contributed by atoms with E-state index >= 15 is 0 Å². The summed E-state index contributed by atoms with van der Waals surface area (Å²) in [7, 11) is 0. The Labute approximate surface area is 185 Å². The van der Waals surface area contributed by atoms with Gasteiger partial charge in [0.15, 0.2) is 0 Å². The maximum Gasteiger partial charge on any atom is 0.358 e. The molecule has 0 saturated heterocycles. The summed E-state index contributed by atoms with van der Waals surface area (Å²) >= 11 is 0. The number of hydrazine groups is 1. The molecule has 0 radical (unpaired) electrons. The van der Waals surface area contributed by atoms with Gasteiger partial charge in [0.2, 0.25) is 0 Å². The van der Waals surface area contributed by atoms with Crippen LogP contribution in [0, 0.1) is 0 Å². The zero-order valence-electron chi connectivity index (χ0n) is 17.2. The standard InChI is InChI=1S/C24H23N3O5/c25-16-18-11-13-19(14-12-18)21(28)26-27-22(29)24(23(30)31,15-17-7-3-1-4-8-17)32-20-9-5-2-6-10-20/h1-14H,15-16,25H2,(H,26,28)(H,27,29)(H,30,31). The normalized spacial score (nSPS) is 12.3. The van der Waals surface area contributed by atoms with Gasteiger partial charge in [-0.05, 0) is 35.4 Å². The van der Waals surface area contributed by atoms with Crippen LogP contribution >= 0.6 is 0 Å². The van der Waals surface area contributed by atoms with Crippen LogP contribution in [0.3, 0.4) is 0 Å². The van der Waals surface area contributed by atoms with Crippen LogP contribution in [0.4, 0.5) is 0 Å². The summed E-state index contributed by atoms with van der Waals surface area (Å²) in [6.45, 7) is 0.329. The molecule has 3 rings (SSSR count). The van der Waals surface area contributed by atoms with E-state index in [2.05, 4.69) is 10.9 Å². The molecule has 1 atom stereocenters. The number of amides is 2. The van der Waals surface area contributed by atoms with Crippen LogP contribution in [0.5, 0.6) is 5.75 Å². The number of ether oxygens (including phenoxy) is 1. The quantitative estimate of drug-likeness (QED) is 0.318. The van der Waals surface area contributed by atoms with Crippen molar-refractivity contribution in [1.29, 1.82) is 0 Å². The largest absolute Gasteiger partial charge is 0.478 e. The second-order valence-corrected chi connectivity index (χ2v) is 7.02. The molecule has 8 nitrogen and oxygen atoms in total. The predicted octanol–water partition coefficient (Wildman–Crippen LogP) is 2.05. The van der Waals surface area contributed by atoms with Crippen molar-refractivity contribution >= 4 is 17.8 Å². The highest BCUT2D eigenvalue weighted by Gasteiger charge is 2.49. The number of aliphatic carboxylic acids is 1. The van der Waals surface area contributed by atoms with Gasteiger partial charge in [0.25, 0.3) is 17.4 Å². The number of hydrogen-bond donors (Lipinski definition) is 4. The third kappa shape index (κ3) is 5.30. The minimum atomic E-state index is -2.32. The van der Waals surface area contributed by atoms with Crippen molar-refractivity contribution in [1.82, 2.24) is 10.9 Å². The monoisotopic (exact) mass is 433 g/mol. The number of benzene rings is 3. The Morgan fingerprint density at radius 1 is 0.812 bits per heavy atom. The molecule has 0 bridgehead atoms. The van der Waals surface area contributed by atoms with Crippen LogP contribution in [0.2, 0.25) is 0 Å². The fourth-order valence-electron chi connectivity index (χ4n) is 3.03. The lowest BCUT2D eigenvalue weighted by Gasteiger charge is -2.29. The van der Waals surface area contributed by atoms with Gasteiger partial charge >= 0.3 is 5.97 Å². The second-order valence-electron chi connectivity index (χ2n) is 7.02. The van der Waals surface area contributed by atoms with E-state index in [0.29, 0.717) is 12.1 Å². The smallest absolute Gasteiger partial charge is 0.358 e. The van der Waals surface area contributed by atoms with E-state index in [4.69, 9.17) is 10.5 Å². The zero-order chi connectivity index (χ0) is 23.0. The van der Waals surface area contributed by atoms with Crippen LogP contribution < -0.4 is 21.3 Å². The van der Waals surface area contributed by atoms with E-state index < -0.39 is 23.4 Å². The first-order chi connectivity index (χ1) is 15.4. The highest BCUT2D eigenvalue weighted by atomic mass is 16.5. The summed E-state index contributed by atoms with van der Waals surface area (Å²) in [6, 6.07) is 23.3. The molecule has 32 heavy (non-hydrogen) atoms. The molecule has 0 spiro atoms. The first kappa shape index (κ1) is 22.5. The number of nitrogens with one attached hydrogen (secondary N) is 2. The van der Waals surface area contributed by atoms with Crippen LogP contribution in [0.1, 0.15) is 21.5 Å². The highest BCUT2D eigenvalue weighted by molar-refractivity contribution is 6.07. The molecule has 164 valence electrons. The molecular formula is C24H23N3O5. The molecule has 3 aromatic rings. The van der Waals surface area contributed by atoms with Gasteiger partial charge in [-0.2, -0.15) is 0 Å². The average molecular weight is 433 g/mol. The summed E-state index contributed by atoms with van der Waals surface area (Å²) in [5, 5.41) is 10.0. The Bertz CT molecular complexity index is 1030. The van der Waals surface area contributed by atoms with Crippen molar-refractivity contribution in [2.45, 2.75) is 18.6 Å². The summed E-state index contributed by atoms with van der Waals surface area (Å²) in [6.07, 6.45) is -0.259. The van der Waals surface area contributed by atoms with Gasteiger partial charge in [-0.15, -0.1) is 0 Å². The number of nitrogens with two attached hydrogens (primary N) is 1. The summed E-state index contributed by atoms with van der Waals surface area (Å²) < 4.78 is 5.72. The van der Waals surface area contributed by atoms with Crippen LogP contribution in [-0.2, 0) is 22.6 Å². The van der Waals surface area contributed by atoms with Gasteiger partial charge in [0, 0.05) is 18.5 Å². The summed E-state index contributed by atoms with van der Waals surface area (Å²) in [4.78, 5) is 37.9. The molecule has 2 amide bonds. The van der Waals surface area contributed by atoms with Crippen LogP contribution in [0.15, 0.2) is 84.9 Å². The van der Waals surface area contributed by atoms with E-state index in [1.54, 1.807) is 84.9 Å². The van der Waals surface area contributed by atoms with Crippen molar-refractivity contribution in [3.8, 4) is 5.75 Å². The SMILES string of the molecule is NCc1ccc(C(=O)NNC(=O)C(Cc2ccccc2)(Oc2ccccc2)C(=O)O)cc1. The molecule has 0 aliphatic rings. The Morgan fingerprint density at radius 3 is 1.97 bits per heavy atom. The topological polar surface area (TPSA) is 131 Å². The van der Waals surface area contributed by atoms with Crippen molar-refractivity contribution in [3.05, 3.63) is 102 Å². The maximum atomic E-state index is 13.1. The molecule has 8 heteroatoms. The van der Waals surface area contributed by atoms with Crippen LogP contribution in [0.25, 0.3) is 0 Å². The molecule has 0 heterocycles. The van der Waals surface area contributed by atoms with Crippen LogP contribution in [-0.4, -0.2) is 28.5 Å². The molecule has 0 aromatic heterocycles. The van der Waals surface area contributed by atoms with Gasteiger partial charge < -0.3 is 15.6 Å². The van der Waals surface area contributed by atoms with Gasteiger partial charge in [-0.1, -0.05) is 60.7 Å². The molecule has 0 saturated carbocycles. The molecule has 0 aliphatic carbocycles. The summed E-state index contributed by atoms with van der Waals surface area (Å²) in [5.74, 6) is -2.93. The lowest BCUT2D eigenvalue weighted by molar-refractivity contribution is -0.163. The second kappa shape index (κ2) is 10.2. The lowest BCUT2D eigenvalue weighted by Crippen LogP contribution is -2.61. The minimum absolute atomic E-state index is 0.199. The number of carboxylic acids is 1. The number of carboxylic acid groups (broad SMARTS) is 1. The number of rotatable bonds is 8. The Hall–Kier alpha value is -4.17. The zero-order valence-corrected chi connectivity index (χ0v) is 17.2. The fourth-order valence-corrected chi connectivity index (χ4v) is 3.03. The molecular weight excluding hydrogens is 410 g/mol. The van der Waals surface area contributed by atoms with E-state index in [-0.39, 0.29) is 17.7 Å². The van der Waals surface area contributed by atoms with Gasteiger partial charge in [-0.25, -0.2) is 4.79 Å². The molecule has 0 aliphatic heterocycles. The first-order valence-corrected chi connectivity index (χ1v) is 9.86. The molecule has 5 N–H and O–H groups in total. The van der Waals surface area contributed by atoms with E-state index in [0.717, 1.165) is 5.56 Å². The Kier molecular flexibility index (Phi) is 7.20. The number of para-hydroxylation sites is 1. The third-order valence-corrected chi connectivity index (χ3v) is 4.78. The van der Waals surface area contributed by atoms with Crippen molar-refractivity contribution in [3.63, 3.8) is 0 Å². The molecule has 3 aromatic carbocycles. The number of carbonyl (C=O) groups is 3. The number of hydrogen-bond acceptors (Lipinski definition) is 5. The predicted molar refractivity (Wildman–Crippen MR) is 118 cm³/mol. The fraction of sp³-hybridized carbons (Fsp3) is 0.125. The van der Waals surface area contributed by atoms with Crippen molar-refractivity contribution in [2.75, 3.05) is 0 Å². The van der Waals surface area contributed by atoms with Crippen molar-refractivity contribution in [2.24, 2.45) is 5.73 Å². The Morgan fingerprint density at radius 2 is 1.41 bits per heavy atom. The minimum Gasteiger partial charge on any atom is -0.478 e. The average Bonchev–Trinajstić information content (AvgIpc) is 2.83. The third-order valence-electron chi connectivity index (χ3n) is 4.78.